The molecule has 71 valence electrons. The molecule has 1 aromatic heterocycles. The molecular weight excluding hydrogens is 200 g/mol. The Labute approximate surface area is 86.1 Å². The Hall–Kier alpha value is -1.48. The van der Waals surface area contributed by atoms with Crippen LogP contribution >= 0.6 is 11.6 Å². The lowest BCUT2D eigenvalue weighted by Gasteiger charge is -2.04. The number of fused-ring (bicyclic) bond motifs is 1. The van der Waals surface area contributed by atoms with Gasteiger partial charge in [0.15, 0.2) is 0 Å². The van der Waals surface area contributed by atoms with Crippen molar-refractivity contribution in [2.24, 2.45) is 0 Å². The molecule has 0 spiro atoms. The number of H-pyrrole nitrogens is 1. The zero-order valence-corrected chi connectivity index (χ0v) is 8.27. The molecule has 2 aromatic rings. The Morgan fingerprint density at radius 2 is 2.36 bits per heavy atom. The van der Waals surface area contributed by atoms with Gasteiger partial charge in [-0.1, -0.05) is 17.7 Å². The van der Waals surface area contributed by atoms with Gasteiger partial charge in [0.05, 0.1) is 16.2 Å². The first kappa shape index (κ1) is 9.09. The monoisotopic (exact) mass is 207 g/mol. The van der Waals surface area contributed by atoms with Crippen molar-refractivity contribution in [1.29, 1.82) is 0 Å². The molecule has 4 heteroatoms. The van der Waals surface area contributed by atoms with Gasteiger partial charge in [-0.15, -0.1) is 0 Å². The fourth-order valence-electron chi connectivity index (χ4n) is 1.31. The van der Waals surface area contributed by atoms with Crippen LogP contribution in [-0.4, -0.2) is 10.9 Å². The maximum atomic E-state index is 10.9. The van der Waals surface area contributed by atoms with Gasteiger partial charge in [0.25, 0.3) is 0 Å². The van der Waals surface area contributed by atoms with Gasteiger partial charge in [-0.2, -0.15) is 0 Å². The molecule has 2 N–H and O–H groups in total. The second-order valence-electron chi connectivity index (χ2n) is 2.96. The van der Waals surface area contributed by atoms with Crippen molar-refractivity contribution < 1.29 is 4.79 Å². The summed E-state index contributed by atoms with van der Waals surface area (Å²) in [5, 5.41) is 4.07. The van der Waals surface area contributed by atoms with E-state index in [9.17, 15) is 4.79 Å². The van der Waals surface area contributed by atoms with E-state index in [1.165, 1.54) is 6.92 Å². The van der Waals surface area contributed by atoms with Gasteiger partial charge < -0.3 is 10.3 Å². The largest absolute Gasteiger partial charge is 0.359 e. The second kappa shape index (κ2) is 3.35. The van der Waals surface area contributed by atoms with E-state index in [0.717, 1.165) is 10.9 Å². The number of amides is 1. The second-order valence-corrected chi connectivity index (χ2v) is 3.34. The van der Waals surface area contributed by atoms with Crippen LogP contribution < -0.4 is 5.32 Å². The van der Waals surface area contributed by atoms with Crippen LogP contribution in [0.1, 0.15) is 6.92 Å². The van der Waals surface area contributed by atoms with E-state index in [2.05, 4.69) is 16.4 Å². The summed E-state index contributed by atoms with van der Waals surface area (Å²) in [5.74, 6) is -0.137. The van der Waals surface area contributed by atoms with E-state index in [1.807, 2.05) is 6.07 Å². The SMILES string of the molecule is CC(=O)Nc1ccc2[c]c[nH]c2c1Cl. The lowest BCUT2D eigenvalue weighted by molar-refractivity contribution is -0.114. The van der Waals surface area contributed by atoms with Crippen molar-refractivity contribution in [3.8, 4) is 0 Å². The molecule has 0 aliphatic rings. The fourth-order valence-corrected chi connectivity index (χ4v) is 1.58. The van der Waals surface area contributed by atoms with Gasteiger partial charge >= 0.3 is 0 Å². The summed E-state index contributed by atoms with van der Waals surface area (Å²) < 4.78 is 0. The summed E-state index contributed by atoms with van der Waals surface area (Å²) in [7, 11) is 0. The molecule has 3 nitrogen and oxygen atoms in total. The van der Waals surface area contributed by atoms with Crippen LogP contribution in [0.4, 0.5) is 5.69 Å². The van der Waals surface area contributed by atoms with Crippen molar-refractivity contribution in [3.63, 3.8) is 0 Å². The highest BCUT2D eigenvalue weighted by atomic mass is 35.5. The Balaban J connectivity index is 2.56. The molecule has 0 saturated heterocycles. The first-order chi connectivity index (χ1) is 6.68. The van der Waals surface area contributed by atoms with Crippen LogP contribution in [-0.2, 0) is 4.79 Å². The average molecular weight is 208 g/mol. The molecule has 14 heavy (non-hydrogen) atoms. The number of aromatic nitrogens is 1. The topological polar surface area (TPSA) is 44.9 Å². The van der Waals surface area contributed by atoms with Crippen LogP contribution in [0.15, 0.2) is 18.3 Å². The minimum atomic E-state index is -0.137. The zero-order valence-electron chi connectivity index (χ0n) is 7.52. The molecule has 0 aliphatic heterocycles. The fraction of sp³-hybridized carbons (Fsp3) is 0.100. The standard InChI is InChI=1S/C10H8ClN2O/c1-6(14)13-8-3-2-7-4-5-12-10(7)9(8)11/h2-3,5,12H,1H3,(H,13,14). The smallest absolute Gasteiger partial charge is 0.221 e. The van der Waals surface area contributed by atoms with Gasteiger partial charge in [0, 0.05) is 24.6 Å². The predicted molar refractivity (Wildman–Crippen MR) is 56.4 cm³/mol. The Morgan fingerprint density at radius 1 is 1.57 bits per heavy atom. The molecule has 2 rings (SSSR count). The normalized spacial score (nSPS) is 10.4. The quantitative estimate of drug-likeness (QED) is 0.742. The van der Waals surface area contributed by atoms with Gasteiger partial charge in [-0.05, 0) is 6.07 Å². The molecule has 0 bridgehead atoms. The van der Waals surface area contributed by atoms with E-state index >= 15 is 0 Å². The number of carbonyl (C=O) groups is 1. The predicted octanol–water partition coefficient (Wildman–Crippen LogP) is 2.58. The van der Waals surface area contributed by atoms with Crippen LogP contribution in [0.25, 0.3) is 10.9 Å². The van der Waals surface area contributed by atoms with Crippen molar-refractivity contribution in [3.05, 3.63) is 29.4 Å². The van der Waals surface area contributed by atoms with Crippen LogP contribution in [0.3, 0.4) is 0 Å². The third-order valence-electron chi connectivity index (χ3n) is 1.90. The van der Waals surface area contributed by atoms with Crippen LogP contribution in [0.5, 0.6) is 0 Å². The van der Waals surface area contributed by atoms with Crippen molar-refractivity contribution in [2.45, 2.75) is 6.92 Å². The van der Waals surface area contributed by atoms with Gasteiger partial charge in [-0.3, -0.25) is 4.79 Å². The number of aromatic amines is 1. The number of rotatable bonds is 1. The summed E-state index contributed by atoms with van der Waals surface area (Å²) in [6.45, 7) is 1.45. The summed E-state index contributed by atoms with van der Waals surface area (Å²) >= 11 is 6.06. The summed E-state index contributed by atoms with van der Waals surface area (Å²) in [5.41, 5.74) is 1.40. The van der Waals surface area contributed by atoms with E-state index in [4.69, 9.17) is 11.6 Å². The molecule has 0 aliphatic carbocycles. The number of benzene rings is 1. The first-order valence-electron chi connectivity index (χ1n) is 4.13. The van der Waals surface area contributed by atoms with Crippen molar-refractivity contribution >= 4 is 34.1 Å². The van der Waals surface area contributed by atoms with Crippen molar-refractivity contribution in [1.82, 2.24) is 4.98 Å². The summed E-state index contributed by atoms with van der Waals surface area (Å²) in [6, 6.07) is 6.60. The Morgan fingerprint density at radius 3 is 3.07 bits per heavy atom. The minimum Gasteiger partial charge on any atom is -0.359 e. The number of nitrogens with one attached hydrogen (secondary N) is 2. The lowest BCUT2D eigenvalue weighted by Crippen LogP contribution is -2.06. The summed E-state index contributed by atoms with van der Waals surface area (Å²) in [6.07, 6.45) is 1.69. The lowest BCUT2D eigenvalue weighted by atomic mass is 10.2. The highest BCUT2D eigenvalue weighted by Gasteiger charge is 2.06. The molecule has 1 aromatic carbocycles. The van der Waals surface area contributed by atoms with E-state index < -0.39 is 0 Å². The maximum absolute atomic E-state index is 10.9. The van der Waals surface area contributed by atoms with Crippen LogP contribution in [0.2, 0.25) is 5.02 Å². The molecule has 0 atom stereocenters. The van der Waals surface area contributed by atoms with Crippen molar-refractivity contribution in [2.75, 3.05) is 5.32 Å². The van der Waals surface area contributed by atoms with Gasteiger partial charge in [-0.25, -0.2) is 0 Å². The highest BCUT2D eigenvalue weighted by Crippen LogP contribution is 2.29. The third kappa shape index (κ3) is 1.46. The molecule has 1 radical (unpaired) electrons. The minimum absolute atomic E-state index is 0.137. The number of hydrogen-bond acceptors (Lipinski definition) is 1. The van der Waals surface area contributed by atoms with Gasteiger partial charge in [0.1, 0.15) is 0 Å². The van der Waals surface area contributed by atoms with E-state index in [1.54, 1.807) is 12.3 Å². The Kier molecular flexibility index (Phi) is 2.17. The molecule has 1 heterocycles. The number of carbonyl (C=O) groups excluding carboxylic acids is 1. The van der Waals surface area contributed by atoms with Crippen LogP contribution in [0, 0.1) is 6.07 Å². The summed E-state index contributed by atoms with van der Waals surface area (Å²) in [4.78, 5) is 13.8. The third-order valence-corrected chi connectivity index (χ3v) is 2.29. The molecule has 0 fully saturated rings. The average Bonchev–Trinajstić information content (AvgIpc) is 2.57. The molecule has 0 saturated carbocycles. The highest BCUT2D eigenvalue weighted by molar-refractivity contribution is 6.38. The first-order valence-corrected chi connectivity index (χ1v) is 4.51. The van der Waals surface area contributed by atoms with E-state index in [0.29, 0.717) is 10.7 Å². The number of halogens is 1. The number of anilines is 1. The molecular formula is C10H8ClN2O. The Bertz CT molecular complexity index is 490. The van der Waals surface area contributed by atoms with Gasteiger partial charge in [0.2, 0.25) is 5.91 Å². The number of hydrogen-bond donors (Lipinski definition) is 2. The molecule has 1 amide bonds. The zero-order chi connectivity index (χ0) is 10.1. The van der Waals surface area contributed by atoms with E-state index in [-0.39, 0.29) is 5.91 Å². The molecule has 0 unspecified atom stereocenters. The maximum Gasteiger partial charge on any atom is 0.221 e.